The minimum Gasteiger partial charge on any atom is -0.383 e. The summed E-state index contributed by atoms with van der Waals surface area (Å²) in [6.45, 7) is 1.62. The smallest absolute Gasteiger partial charge is 0.163 e. The molecule has 0 fully saturated rings. The number of aliphatic imine (C=N–C) groups is 1. The van der Waals surface area contributed by atoms with Crippen LogP contribution in [0.25, 0.3) is 0 Å². The summed E-state index contributed by atoms with van der Waals surface area (Å²) in [4.78, 5) is 11.4. The van der Waals surface area contributed by atoms with Crippen molar-refractivity contribution in [1.29, 1.82) is 0 Å². The van der Waals surface area contributed by atoms with Crippen LogP contribution in [0.2, 0.25) is 0 Å². The normalized spacial score (nSPS) is 18.0. The zero-order chi connectivity index (χ0) is 18.0. The topological polar surface area (TPSA) is 73.6 Å². The van der Waals surface area contributed by atoms with Crippen molar-refractivity contribution in [3.63, 3.8) is 0 Å². The zero-order valence-corrected chi connectivity index (χ0v) is 13.3. The second-order valence-corrected chi connectivity index (χ2v) is 5.81. The quantitative estimate of drug-likeness (QED) is 0.858. The van der Waals surface area contributed by atoms with Crippen molar-refractivity contribution >= 4 is 6.34 Å². The summed E-state index contributed by atoms with van der Waals surface area (Å²) in [5, 5.41) is 12.9. The zero-order valence-electron chi connectivity index (χ0n) is 13.3. The van der Waals surface area contributed by atoms with E-state index in [1.807, 2.05) is 0 Å². The van der Waals surface area contributed by atoms with Gasteiger partial charge in [0, 0.05) is 17.5 Å². The van der Waals surface area contributed by atoms with E-state index in [9.17, 15) is 18.3 Å². The largest absolute Gasteiger partial charge is 0.383 e. The van der Waals surface area contributed by atoms with Gasteiger partial charge >= 0.3 is 0 Å². The first-order valence-corrected chi connectivity index (χ1v) is 7.54. The van der Waals surface area contributed by atoms with Gasteiger partial charge in [-0.15, -0.1) is 0 Å². The minimum atomic E-state index is -1.90. The third kappa shape index (κ3) is 3.33. The van der Waals surface area contributed by atoms with Crippen LogP contribution >= 0.6 is 0 Å². The number of rotatable bonds is 5. The van der Waals surface area contributed by atoms with Crippen LogP contribution in [0.15, 0.2) is 35.7 Å². The molecule has 0 saturated carbocycles. The number of benzene rings is 1. The highest BCUT2D eigenvalue weighted by Crippen LogP contribution is 2.39. The monoisotopic (exact) mass is 351 g/mol. The molecule has 0 radical (unpaired) electrons. The maximum atomic E-state index is 14.4. The highest BCUT2D eigenvalue weighted by Gasteiger charge is 2.42. The molecule has 0 aliphatic carbocycles. The molecule has 3 rings (SSSR count). The van der Waals surface area contributed by atoms with Gasteiger partial charge in [-0.1, -0.05) is 13.0 Å². The van der Waals surface area contributed by atoms with Gasteiger partial charge in [-0.2, -0.15) is 5.01 Å². The molecule has 2 unspecified atom stereocenters. The number of β-amino-alcohol motifs (C(OH)–C–C–N with tert-alkyl or cyclic N) is 1. The first kappa shape index (κ1) is 17.3. The number of hydrogen-bond acceptors (Lipinski definition) is 6. The van der Waals surface area contributed by atoms with E-state index in [0.29, 0.717) is 6.07 Å². The molecule has 2 atom stereocenters. The number of aromatic nitrogens is 2. The molecule has 2 aromatic rings. The highest BCUT2D eigenvalue weighted by atomic mass is 19.1. The molecule has 132 valence electrons. The van der Waals surface area contributed by atoms with E-state index >= 15 is 0 Å². The summed E-state index contributed by atoms with van der Waals surface area (Å²) in [7, 11) is 0. The molecular formula is C16H16F3N5O. The number of nitrogens with one attached hydrogen (secondary N) is 1. The summed E-state index contributed by atoms with van der Waals surface area (Å²) in [5.41, 5.74) is 0.670. The standard InChI is InChI=1S/C16H16F3N5O/c1-10(15-14(19)5-20-7-22-15)16(25,6-24-9-21-8-23-24)12-3-2-11(17)4-13(12)18/h2-5,7-8,10,25H,6,9H2,1H3,(H,21,23). The SMILES string of the molecule is CC(c1ncncc1F)C(O)(CN1CN=CN1)c1ccc(F)cc1F. The lowest BCUT2D eigenvalue weighted by Gasteiger charge is -2.37. The molecule has 0 amide bonds. The van der Waals surface area contributed by atoms with Crippen LogP contribution in [0.5, 0.6) is 0 Å². The Morgan fingerprint density at radius 2 is 2.12 bits per heavy atom. The number of hydrazine groups is 1. The summed E-state index contributed by atoms with van der Waals surface area (Å²) < 4.78 is 41.8. The Morgan fingerprint density at radius 1 is 1.32 bits per heavy atom. The number of hydrogen-bond donors (Lipinski definition) is 2. The fraction of sp³-hybridized carbons (Fsp3) is 0.312. The van der Waals surface area contributed by atoms with Gasteiger partial charge in [-0.25, -0.2) is 23.1 Å². The lowest BCUT2D eigenvalue weighted by Crippen LogP contribution is -2.48. The lowest BCUT2D eigenvalue weighted by molar-refractivity contribution is -0.0292. The Morgan fingerprint density at radius 3 is 2.76 bits per heavy atom. The summed E-state index contributed by atoms with van der Waals surface area (Å²) in [6, 6.07) is 2.87. The Bertz CT molecular complexity index is 795. The first-order valence-electron chi connectivity index (χ1n) is 7.54. The highest BCUT2D eigenvalue weighted by molar-refractivity contribution is 5.55. The van der Waals surface area contributed by atoms with Gasteiger partial charge in [0.1, 0.15) is 30.2 Å². The summed E-state index contributed by atoms with van der Waals surface area (Å²) >= 11 is 0. The van der Waals surface area contributed by atoms with E-state index < -0.39 is 29.0 Å². The van der Waals surface area contributed by atoms with Crippen molar-refractivity contribution in [2.24, 2.45) is 4.99 Å². The molecule has 25 heavy (non-hydrogen) atoms. The van der Waals surface area contributed by atoms with Crippen LogP contribution in [-0.4, -0.2) is 39.6 Å². The van der Waals surface area contributed by atoms with E-state index in [1.165, 1.54) is 18.3 Å². The Hall–Kier alpha value is -2.52. The van der Waals surface area contributed by atoms with Crippen molar-refractivity contribution < 1.29 is 18.3 Å². The van der Waals surface area contributed by atoms with E-state index in [1.54, 1.807) is 0 Å². The van der Waals surface area contributed by atoms with Crippen molar-refractivity contribution in [2.75, 3.05) is 13.2 Å². The molecule has 0 saturated heterocycles. The second kappa shape index (κ2) is 6.77. The molecule has 2 heterocycles. The predicted octanol–water partition coefficient (Wildman–Crippen LogP) is 1.69. The first-order chi connectivity index (χ1) is 11.9. The summed E-state index contributed by atoms with van der Waals surface area (Å²) in [6.07, 6.45) is 3.54. The van der Waals surface area contributed by atoms with Crippen LogP contribution in [0.4, 0.5) is 13.2 Å². The Labute approximate surface area is 142 Å². The third-order valence-electron chi connectivity index (χ3n) is 4.24. The molecule has 1 aliphatic rings. The predicted molar refractivity (Wildman–Crippen MR) is 83.9 cm³/mol. The fourth-order valence-electron chi connectivity index (χ4n) is 2.85. The van der Waals surface area contributed by atoms with E-state index in [-0.39, 0.29) is 24.5 Å². The molecule has 6 nitrogen and oxygen atoms in total. The number of aliphatic hydroxyl groups is 1. The fourth-order valence-corrected chi connectivity index (χ4v) is 2.85. The maximum Gasteiger partial charge on any atom is 0.163 e. The van der Waals surface area contributed by atoms with Crippen LogP contribution in [0.3, 0.4) is 0 Å². The average molecular weight is 351 g/mol. The van der Waals surface area contributed by atoms with Crippen molar-refractivity contribution in [3.8, 4) is 0 Å². The van der Waals surface area contributed by atoms with Gasteiger partial charge in [-0.3, -0.25) is 4.99 Å². The molecule has 9 heteroatoms. The van der Waals surface area contributed by atoms with Crippen LogP contribution in [-0.2, 0) is 5.60 Å². The van der Waals surface area contributed by atoms with E-state index in [4.69, 9.17) is 0 Å². The second-order valence-electron chi connectivity index (χ2n) is 5.81. The molecule has 0 bridgehead atoms. The van der Waals surface area contributed by atoms with Gasteiger partial charge in [0.2, 0.25) is 0 Å². The maximum absolute atomic E-state index is 14.4. The molecule has 1 aliphatic heterocycles. The lowest BCUT2D eigenvalue weighted by atomic mass is 9.79. The van der Waals surface area contributed by atoms with Gasteiger partial charge in [-0.05, 0) is 6.07 Å². The van der Waals surface area contributed by atoms with Gasteiger partial charge in [0.05, 0.1) is 24.8 Å². The van der Waals surface area contributed by atoms with Crippen LogP contribution < -0.4 is 5.43 Å². The number of halogens is 3. The number of nitrogens with zero attached hydrogens (tertiary/aromatic N) is 4. The van der Waals surface area contributed by atoms with E-state index in [0.717, 1.165) is 24.7 Å². The van der Waals surface area contributed by atoms with Gasteiger partial charge in [0.15, 0.2) is 5.82 Å². The molecular weight excluding hydrogens is 335 g/mol. The van der Waals surface area contributed by atoms with Crippen molar-refractivity contribution in [3.05, 3.63) is 59.4 Å². The summed E-state index contributed by atoms with van der Waals surface area (Å²) in [5.74, 6) is -3.37. The molecule has 1 aromatic carbocycles. The Kier molecular flexibility index (Phi) is 4.69. The Balaban J connectivity index is 2.06. The van der Waals surface area contributed by atoms with E-state index in [2.05, 4.69) is 20.4 Å². The molecule has 2 N–H and O–H groups in total. The van der Waals surface area contributed by atoms with Gasteiger partial charge < -0.3 is 10.5 Å². The van der Waals surface area contributed by atoms with Crippen molar-refractivity contribution in [2.45, 2.75) is 18.4 Å². The van der Waals surface area contributed by atoms with Crippen molar-refractivity contribution in [1.82, 2.24) is 20.4 Å². The molecule has 1 aromatic heterocycles. The third-order valence-corrected chi connectivity index (χ3v) is 4.24. The molecule has 0 spiro atoms. The average Bonchev–Trinajstić information content (AvgIpc) is 3.07. The van der Waals surface area contributed by atoms with Crippen LogP contribution in [0.1, 0.15) is 24.1 Å². The minimum absolute atomic E-state index is 0.0682. The van der Waals surface area contributed by atoms with Gasteiger partial charge in [0.25, 0.3) is 0 Å². The van der Waals surface area contributed by atoms with Crippen LogP contribution in [0, 0.1) is 17.5 Å².